The van der Waals surface area contributed by atoms with Gasteiger partial charge in [-0.25, -0.2) is 8.78 Å². The van der Waals surface area contributed by atoms with Crippen LogP contribution in [0.2, 0.25) is 0 Å². The molecule has 0 aromatic heterocycles. The van der Waals surface area contributed by atoms with E-state index < -0.39 is 17.5 Å². The van der Waals surface area contributed by atoms with E-state index in [-0.39, 0.29) is 17.4 Å². The van der Waals surface area contributed by atoms with Crippen LogP contribution < -0.4 is 0 Å². The Balaban J connectivity index is 2.07. The molecule has 0 N–H and O–H groups in total. The highest BCUT2D eigenvalue weighted by atomic mass is 19.1. The maximum absolute atomic E-state index is 13.7. The summed E-state index contributed by atoms with van der Waals surface area (Å²) in [5, 5.41) is 0. The van der Waals surface area contributed by atoms with E-state index in [9.17, 15) is 18.4 Å². The molecule has 120 valence electrons. The van der Waals surface area contributed by atoms with E-state index in [2.05, 4.69) is 0 Å². The van der Waals surface area contributed by atoms with E-state index in [0.717, 1.165) is 12.1 Å². The zero-order valence-corrected chi connectivity index (χ0v) is 12.8. The van der Waals surface area contributed by atoms with Crippen molar-refractivity contribution in [2.24, 2.45) is 5.92 Å². The minimum atomic E-state index is -0.857. The SMILES string of the molecule is CC(C)C(=O)N1CCCN(C(=O)c2ccc(F)cc2F)CC1. The van der Waals surface area contributed by atoms with Crippen LogP contribution in [0, 0.1) is 17.6 Å². The van der Waals surface area contributed by atoms with Crippen molar-refractivity contribution in [1.29, 1.82) is 0 Å². The Bertz CT molecular complexity index is 575. The zero-order chi connectivity index (χ0) is 16.3. The number of carbonyl (C=O) groups is 2. The van der Waals surface area contributed by atoms with Crippen molar-refractivity contribution in [2.75, 3.05) is 26.2 Å². The third-order valence-electron chi connectivity index (χ3n) is 3.75. The van der Waals surface area contributed by atoms with Crippen LogP contribution in [-0.2, 0) is 4.79 Å². The average Bonchev–Trinajstić information content (AvgIpc) is 2.71. The van der Waals surface area contributed by atoms with Gasteiger partial charge in [0.25, 0.3) is 5.91 Å². The molecule has 1 aromatic rings. The van der Waals surface area contributed by atoms with Crippen molar-refractivity contribution < 1.29 is 18.4 Å². The molecule has 1 aliphatic rings. The quantitative estimate of drug-likeness (QED) is 0.841. The second-order valence-electron chi connectivity index (χ2n) is 5.75. The molecule has 1 aromatic carbocycles. The molecule has 0 saturated carbocycles. The van der Waals surface area contributed by atoms with Crippen molar-refractivity contribution in [3.8, 4) is 0 Å². The first-order valence-corrected chi connectivity index (χ1v) is 7.43. The van der Waals surface area contributed by atoms with Gasteiger partial charge in [-0.15, -0.1) is 0 Å². The van der Waals surface area contributed by atoms with Crippen LogP contribution in [0.1, 0.15) is 30.6 Å². The predicted molar refractivity (Wildman–Crippen MR) is 78.3 cm³/mol. The second kappa shape index (κ2) is 6.85. The van der Waals surface area contributed by atoms with Gasteiger partial charge < -0.3 is 9.80 Å². The Morgan fingerprint density at radius 2 is 1.68 bits per heavy atom. The van der Waals surface area contributed by atoms with Gasteiger partial charge in [0.1, 0.15) is 11.6 Å². The molecule has 2 amide bonds. The largest absolute Gasteiger partial charge is 0.341 e. The first kappa shape index (κ1) is 16.4. The average molecular weight is 310 g/mol. The highest BCUT2D eigenvalue weighted by Crippen LogP contribution is 2.15. The smallest absolute Gasteiger partial charge is 0.256 e. The fraction of sp³-hybridized carbons (Fsp3) is 0.500. The van der Waals surface area contributed by atoms with Crippen molar-refractivity contribution >= 4 is 11.8 Å². The first-order chi connectivity index (χ1) is 10.4. The monoisotopic (exact) mass is 310 g/mol. The van der Waals surface area contributed by atoms with Crippen molar-refractivity contribution in [3.63, 3.8) is 0 Å². The highest BCUT2D eigenvalue weighted by molar-refractivity contribution is 5.94. The molecule has 1 fully saturated rings. The molecule has 0 spiro atoms. The standard InChI is InChI=1S/C16H20F2N2O2/c1-11(2)15(21)19-6-3-7-20(9-8-19)16(22)13-5-4-12(17)10-14(13)18/h4-5,10-11H,3,6-9H2,1-2H3. The molecule has 2 rings (SSSR count). The van der Waals surface area contributed by atoms with Gasteiger partial charge in [-0.1, -0.05) is 13.8 Å². The van der Waals surface area contributed by atoms with E-state index in [1.165, 1.54) is 4.90 Å². The van der Waals surface area contributed by atoms with Crippen LogP contribution in [0.3, 0.4) is 0 Å². The molecule has 1 aliphatic heterocycles. The number of amides is 2. The lowest BCUT2D eigenvalue weighted by Gasteiger charge is -2.23. The number of hydrogen-bond acceptors (Lipinski definition) is 2. The zero-order valence-electron chi connectivity index (χ0n) is 12.8. The molecule has 6 heteroatoms. The number of hydrogen-bond donors (Lipinski definition) is 0. The lowest BCUT2D eigenvalue weighted by atomic mass is 10.1. The maximum Gasteiger partial charge on any atom is 0.256 e. The number of rotatable bonds is 2. The molecule has 0 aliphatic carbocycles. The minimum Gasteiger partial charge on any atom is -0.341 e. The summed E-state index contributed by atoms with van der Waals surface area (Å²) in [6.45, 7) is 5.51. The van der Waals surface area contributed by atoms with Gasteiger partial charge in [-0.3, -0.25) is 9.59 Å². The van der Waals surface area contributed by atoms with E-state index in [4.69, 9.17) is 0 Å². The van der Waals surface area contributed by atoms with Crippen LogP contribution in [0.25, 0.3) is 0 Å². The topological polar surface area (TPSA) is 40.6 Å². The van der Waals surface area contributed by atoms with E-state index in [0.29, 0.717) is 38.7 Å². The van der Waals surface area contributed by atoms with Crippen LogP contribution in [0.4, 0.5) is 8.78 Å². The third kappa shape index (κ3) is 3.61. The molecule has 0 atom stereocenters. The number of benzene rings is 1. The Morgan fingerprint density at radius 1 is 1.05 bits per heavy atom. The van der Waals surface area contributed by atoms with Crippen LogP contribution in [-0.4, -0.2) is 47.8 Å². The molecule has 0 bridgehead atoms. The first-order valence-electron chi connectivity index (χ1n) is 7.43. The van der Waals surface area contributed by atoms with Gasteiger partial charge >= 0.3 is 0 Å². The van der Waals surface area contributed by atoms with Crippen LogP contribution in [0.5, 0.6) is 0 Å². The summed E-state index contributed by atoms with van der Waals surface area (Å²) >= 11 is 0. The Kier molecular flexibility index (Phi) is 5.11. The van der Waals surface area contributed by atoms with Crippen molar-refractivity contribution in [3.05, 3.63) is 35.4 Å². The predicted octanol–water partition coefficient (Wildman–Crippen LogP) is 2.30. The van der Waals surface area contributed by atoms with Gasteiger partial charge in [0, 0.05) is 38.2 Å². The summed E-state index contributed by atoms with van der Waals surface area (Å²) in [5.74, 6) is -2.06. The number of halogens is 2. The fourth-order valence-electron chi connectivity index (χ4n) is 2.54. The molecule has 1 saturated heterocycles. The maximum atomic E-state index is 13.7. The van der Waals surface area contributed by atoms with Gasteiger partial charge in [0.15, 0.2) is 0 Å². The molecule has 4 nitrogen and oxygen atoms in total. The molecule has 1 heterocycles. The van der Waals surface area contributed by atoms with Crippen LogP contribution in [0.15, 0.2) is 18.2 Å². The van der Waals surface area contributed by atoms with E-state index in [1.807, 2.05) is 13.8 Å². The minimum absolute atomic E-state index is 0.0576. The second-order valence-corrected chi connectivity index (χ2v) is 5.75. The van der Waals surface area contributed by atoms with Gasteiger partial charge in [-0.05, 0) is 18.6 Å². The summed E-state index contributed by atoms with van der Waals surface area (Å²) in [4.78, 5) is 27.6. The Morgan fingerprint density at radius 3 is 2.32 bits per heavy atom. The Hall–Kier alpha value is -1.98. The van der Waals surface area contributed by atoms with Crippen molar-refractivity contribution in [2.45, 2.75) is 20.3 Å². The summed E-state index contributed by atoms with van der Waals surface area (Å²) < 4.78 is 26.6. The van der Waals surface area contributed by atoms with Crippen LogP contribution >= 0.6 is 0 Å². The summed E-state index contributed by atoms with van der Waals surface area (Å²) in [5.41, 5.74) is -0.134. The van der Waals surface area contributed by atoms with Crippen molar-refractivity contribution in [1.82, 2.24) is 9.80 Å². The molecular formula is C16H20F2N2O2. The normalized spacial score (nSPS) is 15.9. The van der Waals surface area contributed by atoms with Gasteiger partial charge in [0.05, 0.1) is 5.56 Å². The number of nitrogens with zero attached hydrogens (tertiary/aromatic N) is 2. The summed E-state index contributed by atoms with van der Waals surface area (Å²) in [7, 11) is 0. The number of carbonyl (C=O) groups excluding carboxylic acids is 2. The molecular weight excluding hydrogens is 290 g/mol. The fourth-order valence-corrected chi connectivity index (χ4v) is 2.54. The summed E-state index contributed by atoms with van der Waals surface area (Å²) in [6, 6.07) is 2.94. The lowest BCUT2D eigenvalue weighted by Crippen LogP contribution is -2.39. The van der Waals surface area contributed by atoms with Gasteiger partial charge in [-0.2, -0.15) is 0 Å². The molecule has 0 unspecified atom stereocenters. The van der Waals surface area contributed by atoms with E-state index >= 15 is 0 Å². The molecule has 22 heavy (non-hydrogen) atoms. The lowest BCUT2D eigenvalue weighted by molar-refractivity contribution is -0.134. The van der Waals surface area contributed by atoms with Gasteiger partial charge in [0.2, 0.25) is 5.91 Å². The third-order valence-corrected chi connectivity index (χ3v) is 3.75. The highest BCUT2D eigenvalue weighted by Gasteiger charge is 2.25. The summed E-state index contributed by atoms with van der Waals surface area (Å²) in [6.07, 6.45) is 0.646. The van der Waals surface area contributed by atoms with E-state index in [1.54, 1.807) is 4.90 Å². The molecule has 0 radical (unpaired) electrons. The Labute approximate surface area is 128 Å².